The van der Waals surface area contributed by atoms with Crippen LogP contribution >= 0.6 is 0 Å². The van der Waals surface area contributed by atoms with Crippen molar-refractivity contribution in [1.29, 1.82) is 0 Å². The van der Waals surface area contributed by atoms with E-state index in [0.717, 1.165) is 25.2 Å². The number of fused-ring (bicyclic) bond motifs is 1. The highest BCUT2D eigenvalue weighted by atomic mass is 16.3. The molecule has 2 rings (SSSR count). The van der Waals surface area contributed by atoms with Crippen LogP contribution in [0.1, 0.15) is 65.7 Å². The fraction of sp³-hybridized carbons (Fsp3) is 1.00. The third-order valence-corrected chi connectivity index (χ3v) is 6.01. The van der Waals surface area contributed by atoms with Gasteiger partial charge in [-0.2, -0.15) is 0 Å². The van der Waals surface area contributed by atoms with Gasteiger partial charge in [0.2, 0.25) is 0 Å². The monoisotopic (exact) mass is 254 g/mol. The molecule has 4 atom stereocenters. The third kappa shape index (κ3) is 2.34. The van der Waals surface area contributed by atoms with E-state index >= 15 is 0 Å². The van der Waals surface area contributed by atoms with Gasteiger partial charge in [0.25, 0.3) is 0 Å². The normalized spacial score (nSPS) is 43.5. The molecule has 2 aliphatic rings. The van der Waals surface area contributed by atoms with E-state index in [4.69, 9.17) is 5.11 Å². The minimum atomic E-state index is -0.147. The maximum absolute atomic E-state index is 10.4. The maximum Gasteiger partial charge on any atom is 0.0573 e. The van der Waals surface area contributed by atoms with Crippen molar-refractivity contribution in [2.24, 2.45) is 22.7 Å². The number of aliphatic hydroxyl groups is 2. The molecule has 0 saturated heterocycles. The Hall–Kier alpha value is -0.0800. The second-order valence-electron chi connectivity index (χ2n) is 7.52. The summed E-state index contributed by atoms with van der Waals surface area (Å²) in [5.74, 6) is 1.13. The number of rotatable bonds is 3. The molecule has 2 aliphatic carbocycles. The Labute approximate surface area is 112 Å². The molecule has 2 nitrogen and oxygen atoms in total. The molecule has 0 aromatic rings. The van der Waals surface area contributed by atoms with Gasteiger partial charge in [-0.15, -0.1) is 0 Å². The van der Waals surface area contributed by atoms with Gasteiger partial charge in [0, 0.05) is 6.61 Å². The molecule has 0 amide bonds. The molecule has 0 spiro atoms. The summed E-state index contributed by atoms with van der Waals surface area (Å²) in [6.07, 6.45) is 7.70. The van der Waals surface area contributed by atoms with Gasteiger partial charge in [-0.05, 0) is 61.2 Å². The molecule has 0 aliphatic heterocycles. The highest BCUT2D eigenvalue weighted by Gasteiger charge is 2.53. The Morgan fingerprint density at radius 3 is 2.50 bits per heavy atom. The van der Waals surface area contributed by atoms with Crippen molar-refractivity contribution in [1.82, 2.24) is 0 Å². The van der Waals surface area contributed by atoms with Crippen molar-refractivity contribution >= 4 is 0 Å². The predicted molar refractivity (Wildman–Crippen MR) is 74.3 cm³/mol. The zero-order valence-electron chi connectivity index (χ0n) is 12.3. The number of hydrogen-bond acceptors (Lipinski definition) is 2. The lowest BCUT2D eigenvalue weighted by Gasteiger charge is -2.58. The van der Waals surface area contributed by atoms with Crippen molar-refractivity contribution in [3.05, 3.63) is 0 Å². The third-order valence-electron chi connectivity index (χ3n) is 6.01. The van der Waals surface area contributed by atoms with Crippen molar-refractivity contribution in [3.8, 4) is 0 Å². The lowest BCUT2D eigenvalue weighted by atomic mass is 9.47. The van der Waals surface area contributed by atoms with Gasteiger partial charge < -0.3 is 10.2 Å². The minimum absolute atomic E-state index is 0.147. The highest BCUT2D eigenvalue weighted by Crippen LogP contribution is 2.60. The molecule has 0 aromatic heterocycles. The van der Waals surface area contributed by atoms with Crippen LogP contribution in [0.5, 0.6) is 0 Å². The number of aliphatic hydroxyl groups excluding tert-OH is 2. The zero-order chi connectivity index (χ0) is 13.4. The fourth-order valence-electron chi connectivity index (χ4n) is 5.14. The van der Waals surface area contributed by atoms with Crippen LogP contribution in [0, 0.1) is 22.7 Å². The highest BCUT2D eigenvalue weighted by molar-refractivity contribution is 5.03. The summed E-state index contributed by atoms with van der Waals surface area (Å²) in [5, 5.41) is 19.5. The molecule has 2 saturated carbocycles. The van der Waals surface area contributed by atoms with E-state index in [9.17, 15) is 5.11 Å². The van der Waals surface area contributed by atoms with Gasteiger partial charge in [0.05, 0.1) is 6.10 Å². The Balaban J connectivity index is 2.22. The average Bonchev–Trinajstić information content (AvgIpc) is 2.27. The van der Waals surface area contributed by atoms with Crippen LogP contribution in [0.3, 0.4) is 0 Å². The first-order valence-corrected chi connectivity index (χ1v) is 7.71. The molecular formula is C16H30O2. The van der Waals surface area contributed by atoms with Crippen molar-refractivity contribution in [2.75, 3.05) is 6.61 Å². The molecule has 0 bridgehead atoms. The molecule has 0 aromatic carbocycles. The second kappa shape index (κ2) is 5.13. The molecule has 18 heavy (non-hydrogen) atoms. The van der Waals surface area contributed by atoms with E-state index < -0.39 is 0 Å². The molecule has 2 heteroatoms. The van der Waals surface area contributed by atoms with E-state index in [0.29, 0.717) is 11.3 Å². The molecular weight excluding hydrogens is 224 g/mol. The van der Waals surface area contributed by atoms with Crippen LogP contribution in [0.2, 0.25) is 0 Å². The first kappa shape index (κ1) is 14.3. The smallest absolute Gasteiger partial charge is 0.0573 e. The van der Waals surface area contributed by atoms with Crippen LogP contribution < -0.4 is 0 Å². The quantitative estimate of drug-likeness (QED) is 0.810. The molecule has 0 radical (unpaired) electrons. The van der Waals surface area contributed by atoms with Gasteiger partial charge >= 0.3 is 0 Å². The number of hydrogen-bond donors (Lipinski definition) is 2. The first-order chi connectivity index (χ1) is 8.42. The van der Waals surface area contributed by atoms with E-state index in [1.165, 1.54) is 25.7 Å². The molecule has 2 fully saturated rings. The molecule has 0 heterocycles. The largest absolute Gasteiger partial charge is 0.396 e. The van der Waals surface area contributed by atoms with E-state index in [1.54, 1.807) is 0 Å². The van der Waals surface area contributed by atoms with Crippen molar-refractivity contribution in [2.45, 2.75) is 71.8 Å². The minimum Gasteiger partial charge on any atom is -0.396 e. The van der Waals surface area contributed by atoms with Crippen LogP contribution in [-0.4, -0.2) is 22.9 Å². The summed E-state index contributed by atoms with van der Waals surface area (Å²) < 4.78 is 0. The van der Waals surface area contributed by atoms with Crippen LogP contribution in [0.25, 0.3) is 0 Å². The molecule has 4 unspecified atom stereocenters. The van der Waals surface area contributed by atoms with Gasteiger partial charge in [-0.1, -0.05) is 27.2 Å². The van der Waals surface area contributed by atoms with Gasteiger partial charge in [-0.3, -0.25) is 0 Å². The van der Waals surface area contributed by atoms with Crippen molar-refractivity contribution in [3.63, 3.8) is 0 Å². The van der Waals surface area contributed by atoms with Crippen LogP contribution in [0.4, 0.5) is 0 Å². The predicted octanol–water partition coefficient (Wildman–Crippen LogP) is 3.36. The van der Waals surface area contributed by atoms with E-state index in [2.05, 4.69) is 20.8 Å². The lowest BCUT2D eigenvalue weighted by Crippen LogP contribution is -2.53. The Bertz CT molecular complexity index is 287. The fourth-order valence-corrected chi connectivity index (χ4v) is 5.14. The molecule has 106 valence electrons. The SMILES string of the molecule is CC1(C)CCCC2(C)C(CCCO)C(O)CCC12. The summed E-state index contributed by atoms with van der Waals surface area (Å²) >= 11 is 0. The zero-order valence-corrected chi connectivity index (χ0v) is 12.3. The topological polar surface area (TPSA) is 40.5 Å². The van der Waals surface area contributed by atoms with Crippen molar-refractivity contribution < 1.29 is 10.2 Å². The second-order valence-corrected chi connectivity index (χ2v) is 7.52. The summed E-state index contributed by atoms with van der Waals surface area (Å²) in [7, 11) is 0. The Morgan fingerprint density at radius 1 is 1.11 bits per heavy atom. The summed E-state index contributed by atoms with van der Waals surface area (Å²) in [6.45, 7) is 7.49. The van der Waals surface area contributed by atoms with Gasteiger partial charge in [0.15, 0.2) is 0 Å². The standard InChI is InChI=1S/C16H30O2/c1-15(2)9-5-10-16(3)12(6-4-11-17)13(18)7-8-14(15)16/h12-14,17-18H,4-11H2,1-3H3. The van der Waals surface area contributed by atoms with Crippen LogP contribution in [-0.2, 0) is 0 Å². The van der Waals surface area contributed by atoms with E-state index in [1.807, 2.05) is 0 Å². The first-order valence-electron chi connectivity index (χ1n) is 7.71. The Kier molecular flexibility index (Phi) is 4.08. The molecule has 2 N–H and O–H groups in total. The van der Waals surface area contributed by atoms with Gasteiger partial charge in [-0.25, -0.2) is 0 Å². The summed E-state index contributed by atoms with van der Waals surface area (Å²) in [6, 6.07) is 0. The van der Waals surface area contributed by atoms with Crippen LogP contribution in [0.15, 0.2) is 0 Å². The summed E-state index contributed by atoms with van der Waals surface area (Å²) in [5.41, 5.74) is 0.708. The van der Waals surface area contributed by atoms with E-state index in [-0.39, 0.29) is 18.1 Å². The Morgan fingerprint density at radius 2 is 1.83 bits per heavy atom. The average molecular weight is 254 g/mol. The lowest BCUT2D eigenvalue weighted by molar-refractivity contribution is -0.126. The summed E-state index contributed by atoms with van der Waals surface area (Å²) in [4.78, 5) is 0. The van der Waals surface area contributed by atoms with Gasteiger partial charge in [0.1, 0.15) is 0 Å². The maximum atomic E-state index is 10.4.